The number of carboxylic acids is 1. The van der Waals surface area contributed by atoms with Crippen molar-refractivity contribution in [2.75, 3.05) is 6.54 Å². The molecule has 1 aromatic carbocycles. The number of aromatic carboxylic acids is 1. The zero-order valence-electron chi connectivity index (χ0n) is 8.40. The minimum atomic E-state index is -3.76. The first-order valence-corrected chi connectivity index (χ1v) is 5.89. The molecule has 0 spiro atoms. The summed E-state index contributed by atoms with van der Waals surface area (Å²) in [5, 5.41) is 8.63. The first-order chi connectivity index (χ1) is 7.38. The lowest BCUT2D eigenvalue weighted by Gasteiger charge is -2.05. The highest BCUT2D eigenvalue weighted by molar-refractivity contribution is 7.89. The van der Waals surface area contributed by atoms with Crippen molar-refractivity contribution in [3.8, 4) is 0 Å². The maximum absolute atomic E-state index is 13.0. The van der Waals surface area contributed by atoms with Gasteiger partial charge >= 0.3 is 5.97 Å². The molecule has 0 heterocycles. The van der Waals surface area contributed by atoms with E-state index < -0.39 is 27.4 Å². The van der Waals surface area contributed by atoms with Crippen LogP contribution in [0, 0.1) is 5.82 Å². The van der Waals surface area contributed by atoms with Crippen LogP contribution in [0.1, 0.15) is 17.3 Å². The predicted molar refractivity (Wildman–Crippen MR) is 54.2 cm³/mol. The third-order valence-corrected chi connectivity index (χ3v) is 3.36. The van der Waals surface area contributed by atoms with E-state index in [4.69, 9.17) is 5.11 Å². The zero-order chi connectivity index (χ0) is 12.3. The highest BCUT2D eigenvalue weighted by Crippen LogP contribution is 2.14. The van der Waals surface area contributed by atoms with Crippen molar-refractivity contribution in [2.45, 2.75) is 11.8 Å². The maximum atomic E-state index is 13.0. The average molecular weight is 247 g/mol. The van der Waals surface area contributed by atoms with Gasteiger partial charge in [-0.2, -0.15) is 0 Å². The number of hydrogen-bond donors (Lipinski definition) is 2. The van der Waals surface area contributed by atoms with Crippen molar-refractivity contribution in [3.05, 3.63) is 29.6 Å². The molecule has 0 unspecified atom stereocenters. The summed E-state index contributed by atoms with van der Waals surface area (Å²) in [6.07, 6.45) is 0. The summed E-state index contributed by atoms with van der Waals surface area (Å²) in [6.45, 7) is 1.75. The molecule has 0 aliphatic carbocycles. The van der Waals surface area contributed by atoms with Gasteiger partial charge in [-0.25, -0.2) is 22.3 Å². The molecule has 0 bridgehead atoms. The van der Waals surface area contributed by atoms with Crippen LogP contribution >= 0.6 is 0 Å². The summed E-state index contributed by atoms with van der Waals surface area (Å²) in [5.74, 6) is -2.48. The monoisotopic (exact) mass is 247 g/mol. The Kier molecular flexibility index (Phi) is 3.61. The van der Waals surface area contributed by atoms with Crippen molar-refractivity contribution >= 4 is 16.0 Å². The molecule has 2 N–H and O–H groups in total. The molecule has 0 saturated carbocycles. The summed E-state index contributed by atoms with van der Waals surface area (Å²) in [5.41, 5.74) is -0.668. The van der Waals surface area contributed by atoms with Gasteiger partial charge in [0, 0.05) is 6.54 Å². The Hall–Kier alpha value is -1.47. The van der Waals surface area contributed by atoms with Crippen LogP contribution in [0.15, 0.2) is 23.1 Å². The van der Waals surface area contributed by atoms with Gasteiger partial charge in [0.1, 0.15) is 5.82 Å². The topological polar surface area (TPSA) is 83.5 Å². The maximum Gasteiger partial charge on any atom is 0.338 e. The van der Waals surface area contributed by atoms with E-state index >= 15 is 0 Å². The van der Waals surface area contributed by atoms with Crippen molar-refractivity contribution < 1.29 is 22.7 Å². The van der Waals surface area contributed by atoms with Crippen molar-refractivity contribution in [3.63, 3.8) is 0 Å². The Morgan fingerprint density at radius 1 is 1.50 bits per heavy atom. The largest absolute Gasteiger partial charge is 0.478 e. The normalized spacial score (nSPS) is 11.4. The lowest BCUT2D eigenvalue weighted by Crippen LogP contribution is -2.23. The molecular weight excluding hydrogens is 237 g/mol. The fraction of sp³-hybridized carbons (Fsp3) is 0.222. The third-order valence-electron chi connectivity index (χ3n) is 1.81. The number of halogens is 1. The Morgan fingerprint density at radius 2 is 2.12 bits per heavy atom. The van der Waals surface area contributed by atoms with Crippen LogP contribution in [0.2, 0.25) is 0 Å². The summed E-state index contributed by atoms with van der Waals surface area (Å²) in [7, 11) is -3.76. The van der Waals surface area contributed by atoms with Crippen molar-refractivity contribution in [1.29, 1.82) is 0 Å². The molecule has 5 nitrogen and oxygen atoms in total. The van der Waals surface area contributed by atoms with Crippen LogP contribution in [-0.4, -0.2) is 26.0 Å². The molecule has 0 aromatic heterocycles. The molecule has 0 aliphatic heterocycles. The van der Waals surface area contributed by atoms with Gasteiger partial charge in [-0.15, -0.1) is 0 Å². The van der Waals surface area contributed by atoms with E-state index in [1.807, 2.05) is 0 Å². The van der Waals surface area contributed by atoms with Crippen LogP contribution in [-0.2, 0) is 10.0 Å². The number of carboxylic acid groups (broad SMARTS) is 1. The molecule has 88 valence electrons. The minimum Gasteiger partial charge on any atom is -0.478 e. The summed E-state index contributed by atoms with van der Waals surface area (Å²) in [4.78, 5) is 10.3. The lowest BCUT2D eigenvalue weighted by atomic mass is 10.2. The molecule has 0 aliphatic rings. The van der Waals surface area contributed by atoms with Crippen LogP contribution in [0.3, 0.4) is 0 Å². The standard InChI is InChI=1S/C9H10FNO4S/c1-2-11-16(14,15)6-3-4-8(10)7(5-6)9(12)13/h3-5,11H,2H2,1H3,(H,12,13). The van der Waals surface area contributed by atoms with E-state index in [-0.39, 0.29) is 11.4 Å². The van der Waals surface area contributed by atoms with Gasteiger partial charge in [0.2, 0.25) is 10.0 Å². The van der Waals surface area contributed by atoms with E-state index in [0.29, 0.717) is 0 Å². The average Bonchev–Trinajstić information content (AvgIpc) is 2.17. The second-order valence-electron chi connectivity index (χ2n) is 2.95. The second kappa shape index (κ2) is 4.58. The SMILES string of the molecule is CCNS(=O)(=O)c1ccc(F)c(C(=O)O)c1. The molecule has 1 rings (SSSR count). The van der Waals surface area contributed by atoms with Gasteiger partial charge in [-0.1, -0.05) is 6.92 Å². The molecule has 1 aromatic rings. The van der Waals surface area contributed by atoms with Crippen molar-refractivity contribution in [2.24, 2.45) is 0 Å². The molecule has 0 fully saturated rings. The molecule has 0 saturated heterocycles. The van der Waals surface area contributed by atoms with Crippen LogP contribution < -0.4 is 4.72 Å². The zero-order valence-corrected chi connectivity index (χ0v) is 9.21. The molecule has 16 heavy (non-hydrogen) atoms. The molecular formula is C9H10FNO4S. The molecule has 0 atom stereocenters. The van der Waals surface area contributed by atoms with Crippen molar-refractivity contribution in [1.82, 2.24) is 4.72 Å². The Balaban J connectivity index is 3.28. The fourth-order valence-corrected chi connectivity index (χ4v) is 2.18. The van der Waals surface area contributed by atoms with Gasteiger partial charge in [0.05, 0.1) is 10.5 Å². The minimum absolute atomic E-state index is 0.169. The quantitative estimate of drug-likeness (QED) is 0.825. The smallest absolute Gasteiger partial charge is 0.338 e. The van der Waals surface area contributed by atoms with E-state index in [9.17, 15) is 17.6 Å². The number of rotatable bonds is 4. The predicted octanol–water partition coefficient (Wildman–Crippen LogP) is 0.822. The number of hydrogen-bond acceptors (Lipinski definition) is 3. The number of carbonyl (C=O) groups is 1. The second-order valence-corrected chi connectivity index (χ2v) is 4.72. The first kappa shape index (κ1) is 12.6. The summed E-state index contributed by atoms with van der Waals surface area (Å²) < 4.78 is 38.2. The third kappa shape index (κ3) is 2.56. The van der Waals surface area contributed by atoms with Crippen LogP contribution in [0.4, 0.5) is 4.39 Å². The molecule has 7 heteroatoms. The Labute approximate surface area is 92.0 Å². The molecule has 0 amide bonds. The van der Waals surface area contributed by atoms with E-state index in [0.717, 1.165) is 18.2 Å². The lowest BCUT2D eigenvalue weighted by molar-refractivity contribution is 0.0691. The van der Waals surface area contributed by atoms with E-state index in [1.165, 1.54) is 0 Å². The fourth-order valence-electron chi connectivity index (χ4n) is 1.11. The number of sulfonamides is 1. The Bertz CT molecular complexity index is 512. The van der Waals surface area contributed by atoms with Gasteiger partial charge < -0.3 is 5.11 Å². The number of benzene rings is 1. The van der Waals surface area contributed by atoms with Crippen LogP contribution in [0.25, 0.3) is 0 Å². The van der Waals surface area contributed by atoms with Gasteiger partial charge in [-0.05, 0) is 18.2 Å². The van der Waals surface area contributed by atoms with Crippen LogP contribution in [0.5, 0.6) is 0 Å². The summed E-state index contributed by atoms with van der Waals surface area (Å²) in [6, 6.07) is 2.61. The highest BCUT2D eigenvalue weighted by atomic mass is 32.2. The van der Waals surface area contributed by atoms with E-state index in [1.54, 1.807) is 6.92 Å². The number of nitrogens with one attached hydrogen (secondary N) is 1. The summed E-state index contributed by atoms with van der Waals surface area (Å²) >= 11 is 0. The first-order valence-electron chi connectivity index (χ1n) is 4.41. The molecule has 0 radical (unpaired) electrons. The Morgan fingerprint density at radius 3 is 2.62 bits per heavy atom. The highest BCUT2D eigenvalue weighted by Gasteiger charge is 2.17. The van der Waals surface area contributed by atoms with Gasteiger partial charge in [0.15, 0.2) is 0 Å². The van der Waals surface area contributed by atoms with Gasteiger partial charge in [0.25, 0.3) is 0 Å². The van der Waals surface area contributed by atoms with E-state index in [2.05, 4.69) is 4.72 Å². The van der Waals surface area contributed by atoms with Gasteiger partial charge in [-0.3, -0.25) is 0 Å².